The number of ether oxygens (including phenoxy) is 4. The number of nitrogens with one attached hydrogen (secondary N) is 1. The van der Waals surface area contributed by atoms with Gasteiger partial charge in [-0.3, -0.25) is 9.59 Å². The molecule has 1 aromatic carbocycles. The molecule has 2 saturated heterocycles. The summed E-state index contributed by atoms with van der Waals surface area (Å²) in [5, 5.41) is 13.5. The molecular formula is C24H32N2O7. The lowest BCUT2D eigenvalue weighted by Crippen LogP contribution is -2.57. The van der Waals surface area contributed by atoms with Crippen LogP contribution in [0.5, 0.6) is 11.5 Å². The molecule has 180 valence electrons. The molecule has 3 heterocycles. The molecule has 0 spiro atoms. The fourth-order valence-corrected chi connectivity index (χ4v) is 5.33. The Balaban J connectivity index is 1.27. The maximum atomic E-state index is 13.5. The molecule has 9 heteroatoms. The standard InChI is InChI=1S/C24H32N2O7/c27-17-11-26(24(29)15-5-8-20-21(9-15)32-14-31-20)19-7-6-18(33-22(19)13-30-12-17)10-23(28)25-16-3-1-2-4-16/h5,8-9,16-19,22,27H,1-4,6-7,10-14H2,(H,25,28)/t17-,18-,19+,22-/m0/s1. The van der Waals surface area contributed by atoms with Gasteiger partial charge in [-0.2, -0.15) is 0 Å². The number of β-amino-alcohol motifs (C(OH)–C–C–N with tert-alkyl or cyclic N) is 1. The first-order chi connectivity index (χ1) is 16.1. The minimum absolute atomic E-state index is 0.0285. The summed E-state index contributed by atoms with van der Waals surface area (Å²) in [5.74, 6) is 0.998. The van der Waals surface area contributed by atoms with E-state index in [2.05, 4.69) is 5.32 Å². The lowest BCUT2D eigenvalue weighted by Gasteiger charge is -2.44. The molecule has 0 unspecified atom stereocenters. The molecule has 0 bridgehead atoms. The highest BCUT2D eigenvalue weighted by Gasteiger charge is 2.40. The van der Waals surface area contributed by atoms with Gasteiger partial charge < -0.3 is 34.3 Å². The molecule has 0 aromatic heterocycles. The Labute approximate surface area is 193 Å². The Kier molecular flexibility index (Phi) is 6.71. The van der Waals surface area contributed by atoms with Crippen LogP contribution in [0.15, 0.2) is 18.2 Å². The molecule has 2 N–H and O–H groups in total. The van der Waals surface area contributed by atoms with E-state index < -0.39 is 6.10 Å². The van der Waals surface area contributed by atoms with Crippen molar-refractivity contribution in [3.8, 4) is 11.5 Å². The lowest BCUT2D eigenvalue weighted by atomic mass is 9.94. The van der Waals surface area contributed by atoms with Gasteiger partial charge in [-0.1, -0.05) is 12.8 Å². The van der Waals surface area contributed by atoms with Crippen LogP contribution < -0.4 is 14.8 Å². The SMILES string of the molecule is O=C(C[C@@H]1CC[C@@H]2[C@H](COC[C@@H](O)CN2C(=O)c2ccc3c(c2)OCO3)O1)NC1CCCC1. The highest BCUT2D eigenvalue weighted by molar-refractivity contribution is 5.95. The van der Waals surface area contributed by atoms with E-state index in [4.69, 9.17) is 18.9 Å². The van der Waals surface area contributed by atoms with Gasteiger partial charge in [-0.15, -0.1) is 0 Å². The molecule has 1 aromatic rings. The van der Waals surface area contributed by atoms with Gasteiger partial charge in [0.15, 0.2) is 11.5 Å². The van der Waals surface area contributed by atoms with Gasteiger partial charge in [0, 0.05) is 18.2 Å². The number of hydrogen-bond donors (Lipinski definition) is 2. The average Bonchev–Trinajstić information content (AvgIpc) is 3.47. The molecule has 1 aliphatic carbocycles. The van der Waals surface area contributed by atoms with Gasteiger partial charge >= 0.3 is 0 Å². The largest absolute Gasteiger partial charge is 0.454 e. The van der Waals surface area contributed by atoms with Crippen LogP contribution in [-0.2, 0) is 14.3 Å². The van der Waals surface area contributed by atoms with Gasteiger partial charge in [0.2, 0.25) is 12.7 Å². The van der Waals surface area contributed by atoms with Crippen molar-refractivity contribution >= 4 is 11.8 Å². The predicted molar refractivity (Wildman–Crippen MR) is 117 cm³/mol. The Morgan fingerprint density at radius 1 is 1.06 bits per heavy atom. The van der Waals surface area contributed by atoms with E-state index in [0.29, 0.717) is 36.3 Å². The molecule has 1 saturated carbocycles. The topological polar surface area (TPSA) is 107 Å². The van der Waals surface area contributed by atoms with Crippen molar-refractivity contribution in [3.05, 3.63) is 23.8 Å². The van der Waals surface area contributed by atoms with Crippen LogP contribution in [0, 0.1) is 0 Å². The first-order valence-electron chi connectivity index (χ1n) is 12.0. The highest BCUT2D eigenvalue weighted by Crippen LogP contribution is 2.34. The number of rotatable bonds is 4. The summed E-state index contributed by atoms with van der Waals surface area (Å²) < 4.78 is 22.7. The molecule has 33 heavy (non-hydrogen) atoms. The number of benzene rings is 1. The number of fused-ring (bicyclic) bond motifs is 2. The van der Waals surface area contributed by atoms with Crippen molar-refractivity contribution in [2.24, 2.45) is 0 Å². The average molecular weight is 461 g/mol. The minimum atomic E-state index is -0.779. The van der Waals surface area contributed by atoms with Crippen molar-refractivity contribution < 1.29 is 33.6 Å². The first kappa shape index (κ1) is 22.4. The summed E-state index contributed by atoms with van der Waals surface area (Å²) >= 11 is 0. The number of carbonyl (C=O) groups is 2. The van der Waals surface area contributed by atoms with Crippen LogP contribution >= 0.6 is 0 Å². The second-order valence-corrected chi connectivity index (χ2v) is 9.41. The van der Waals surface area contributed by atoms with Crippen LogP contribution in [0.25, 0.3) is 0 Å². The summed E-state index contributed by atoms with van der Waals surface area (Å²) in [5.41, 5.74) is 0.477. The zero-order valence-corrected chi connectivity index (χ0v) is 18.7. The summed E-state index contributed by atoms with van der Waals surface area (Å²) in [7, 11) is 0. The number of aliphatic hydroxyl groups is 1. The fourth-order valence-electron chi connectivity index (χ4n) is 5.33. The molecule has 3 fully saturated rings. The molecular weight excluding hydrogens is 428 g/mol. The summed E-state index contributed by atoms with van der Waals surface area (Å²) in [6.45, 7) is 0.698. The molecule has 4 atom stereocenters. The fraction of sp³-hybridized carbons (Fsp3) is 0.667. The van der Waals surface area contributed by atoms with Crippen molar-refractivity contribution in [1.82, 2.24) is 10.2 Å². The zero-order valence-electron chi connectivity index (χ0n) is 18.7. The Morgan fingerprint density at radius 2 is 1.88 bits per heavy atom. The predicted octanol–water partition coefficient (Wildman–Crippen LogP) is 1.61. The molecule has 9 nitrogen and oxygen atoms in total. The number of hydrogen-bond acceptors (Lipinski definition) is 7. The van der Waals surface area contributed by atoms with Gasteiger partial charge in [0.1, 0.15) is 6.10 Å². The van der Waals surface area contributed by atoms with Gasteiger partial charge in [0.05, 0.1) is 37.9 Å². The third-order valence-electron chi connectivity index (χ3n) is 6.99. The van der Waals surface area contributed by atoms with Crippen LogP contribution in [0.3, 0.4) is 0 Å². The van der Waals surface area contributed by atoms with Crippen molar-refractivity contribution in [2.45, 2.75) is 75.3 Å². The van der Waals surface area contributed by atoms with Crippen molar-refractivity contribution in [2.75, 3.05) is 26.6 Å². The maximum Gasteiger partial charge on any atom is 0.254 e. The van der Waals surface area contributed by atoms with Crippen LogP contribution in [0.1, 0.15) is 55.3 Å². The molecule has 0 radical (unpaired) electrons. The van der Waals surface area contributed by atoms with Gasteiger partial charge in [0.25, 0.3) is 5.91 Å². The quantitative estimate of drug-likeness (QED) is 0.703. The summed E-state index contributed by atoms with van der Waals surface area (Å²) in [6, 6.07) is 5.17. The van der Waals surface area contributed by atoms with Crippen molar-refractivity contribution in [1.29, 1.82) is 0 Å². The second-order valence-electron chi connectivity index (χ2n) is 9.41. The smallest absolute Gasteiger partial charge is 0.254 e. The van der Waals surface area contributed by atoms with E-state index in [0.717, 1.165) is 12.8 Å². The van der Waals surface area contributed by atoms with E-state index in [1.54, 1.807) is 23.1 Å². The third kappa shape index (κ3) is 5.10. The molecule has 5 rings (SSSR count). The van der Waals surface area contributed by atoms with Gasteiger partial charge in [-0.25, -0.2) is 0 Å². The zero-order chi connectivity index (χ0) is 22.8. The van der Waals surface area contributed by atoms with E-state index >= 15 is 0 Å². The monoisotopic (exact) mass is 460 g/mol. The van der Waals surface area contributed by atoms with Crippen molar-refractivity contribution in [3.63, 3.8) is 0 Å². The number of aliphatic hydroxyl groups excluding tert-OH is 1. The Morgan fingerprint density at radius 3 is 2.73 bits per heavy atom. The highest BCUT2D eigenvalue weighted by atomic mass is 16.7. The van der Waals surface area contributed by atoms with Crippen LogP contribution in [0.4, 0.5) is 0 Å². The normalized spacial score (nSPS) is 29.8. The number of nitrogens with zero attached hydrogens (tertiary/aromatic N) is 1. The third-order valence-corrected chi connectivity index (χ3v) is 6.99. The molecule has 3 aliphatic heterocycles. The second kappa shape index (κ2) is 9.87. The van der Waals surface area contributed by atoms with E-state index in [1.807, 2.05) is 0 Å². The van der Waals surface area contributed by atoms with Crippen LogP contribution in [-0.4, -0.2) is 78.8 Å². The van der Waals surface area contributed by atoms with E-state index in [-0.39, 0.29) is 62.7 Å². The van der Waals surface area contributed by atoms with E-state index in [1.165, 1.54) is 12.8 Å². The first-order valence-corrected chi connectivity index (χ1v) is 12.0. The van der Waals surface area contributed by atoms with E-state index in [9.17, 15) is 14.7 Å². The summed E-state index contributed by atoms with van der Waals surface area (Å²) in [6.07, 6.45) is 4.77. The van der Waals surface area contributed by atoms with Gasteiger partial charge in [-0.05, 0) is 43.9 Å². The van der Waals surface area contributed by atoms with Crippen LogP contribution in [0.2, 0.25) is 0 Å². The number of amides is 2. The molecule has 2 amide bonds. The minimum Gasteiger partial charge on any atom is -0.454 e. The number of carbonyl (C=O) groups excluding carboxylic acids is 2. The molecule has 4 aliphatic rings. The summed E-state index contributed by atoms with van der Waals surface area (Å²) in [4.78, 5) is 27.7. The maximum absolute atomic E-state index is 13.5. The Bertz CT molecular complexity index is 872. The Hall–Kier alpha value is -2.36. The lowest BCUT2D eigenvalue weighted by molar-refractivity contribution is -0.151.